The van der Waals surface area contributed by atoms with Crippen LogP contribution in [-0.4, -0.2) is 57.9 Å². The number of ether oxygens (including phenoxy) is 1. The number of halogens is 1. The molecule has 9 heteroatoms. The van der Waals surface area contributed by atoms with Crippen LogP contribution in [-0.2, 0) is 24.6 Å². The van der Waals surface area contributed by atoms with Crippen LogP contribution < -0.4 is 0 Å². The summed E-state index contributed by atoms with van der Waals surface area (Å²) in [6, 6.07) is 5.69. The second-order valence-electron chi connectivity index (χ2n) is 5.12. The predicted octanol–water partition coefficient (Wildman–Crippen LogP) is 0.636. The first-order valence-corrected chi connectivity index (χ1v) is 10.4. The zero-order valence-corrected chi connectivity index (χ0v) is 14.2. The maximum atomic E-state index is 12.7. The molecule has 21 heavy (non-hydrogen) atoms. The van der Waals surface area contributed by atoms with E-state index in [-0.39, 0.29) is 29.6 Å². The summed E-state index contributed by atoms with van der Waals surface area (Å²) in [5.41, 5.74) is 0. The van der Waals surface area contributed by atoms with E-state index in [1.54, 1.807) is 12.1 Å². The maximum absolute atomic E-state index is 12.7. The molecule has 6 nitrogen and oxygen atoms in total. The predicted molar refractivity (Wildman–Crippen MR) is 80.2 cm³/mol. The Hall–Kier alpha value is -0.480. The highest BCUT2D eigenvalue weighted by Gasteiger charge is 2.48. The van der Waals surface area contributed by atoms with Crippen molar-refractivity contribution < 1.29 is 21.6 Å². The van der Waals surface area contributed by atoms with Gasteiger partial charge in [-0.15, -0.1) is 0 Å². The summed E-state index contributed by atoms with van der Waals surface area (Å²) in [5, 5.41) is 0. The first-order valence-electron chi connectivity index (χ1n) is 6.39. The van der Waals surface area contributed by atoms with Gasteiger partial charge in [0.2, 0.25) is 10.0 Å². The van der Waals surface area contributed by atoms with Gasteiger partial charge in [-0.25, -0.2) is 16.8 Å². The molecule has 0 N–H and O–H groups in total. The van der Waals surface area contributed by atoms with Gasteiger partial charge in [-0.3, -0.25) is 0 Å². The van der Waals surface area contributed by atoms with Crippen molar-refractivity contribution in [3.63, 3.8) is 0 Å². The molecule has 2 fully saturated rings. The summed E-state index contributed by atoms with van der Waals surface area (Å²) in [7, 11) is -6.96. The lowest BCUT2D eigenvalue weighted by molar-refractivity contribution is -0.0141. The van der Waals surface area contributed by atoms with Crippen molar-refractivity contribution >= 4 is 35.8 Å². The Morgan fingerprint density at radius 3 is 2.52 bits per heavy atom. The van der Waals surface area contributed by atoms with Crippen LogP contribution in [0.4, 0.5) is 0 Å². The van der Waals surface area contributed by atoms with E-state index in [4.69, 9.17) is 4.74 Å². The molecule has 2 saturated heterocycles. The average molecular weight is 396 g/mol. The Kier molecular flexibility index (Phi) is 3.90. The molecule has 0 bridgehead atoms. The number of morpholine rings is 1. The fourth-order valence-corrected chi connectivity index (χ4v) is 6.59. The number of fused-ring (bicyclic) bond motifs is 1. The van der Waals surface area contributed by atoms with Gasteiger partial charge in [0.15, 0.2) is 9.84 Å². The normalized spacial score (nSPS) is 29.2. The SMILES string of the molecule is O=S1(=O)CC2OCCN(S(=O)(=O)c3ccc(Br)cc3)C2C1. The smallest absolute Gasteiger partial charge is 0.243 e. The quantitative estimate of drug-likeness (QED) is 0.733. The molecular weight excluding hydrogens is 382 g/mol. The Labute approximate surface area is 132 Å². The van der Waals surface area contributed by atoms with E-state index in [0.29, 0.717) is 0 Å². The van der Waals surface area contributed by atoms with Crippen LogP contribution in [0.1, 0.15) is 0 Å². The lowest BCUT2D eigenvalue weighted by atomic mass is 10.2. The Bertz CT molecular complexity index is 744. The van der Waals surface area contributed by atoms with E-state index in [2.05, 4.69) is 15.9 Å². The number of hydrogen-bond acceptors (Lipinski definition) is 5. The molecule has 0 saturated carbocycles. The van der Waals surface area contributed by atoms with Gasteiger partial charge in [0.25, 0.3) is 0 Å². The van der Waals surface area contributed by atoms with E-state index in [9.17, 15) is 16.8 Å². The minimum atomic E-state index is -3.72. The van der Waals surface area contributed by atoms with Crippen LogP contribution in [0.3, 0.4) is 0 Å². The van der Waals surface area contributed by atoms with Crippen LogP contribution in [0.15, 0.2) is 33.6 Å². The number of sulfonamides is 1. The monoisotopic (exact) mass is 395 g/mol. The molecule has 1 aromatic rings. The standard InChI is InChI=1S/C12H14BrNO5S2/c13-9-1-3-10(4-2-9)21(17,18)14-5-6-19-12-8-20(15,16)7-11(12)14/h1-4,11-12H,5-8H2. The van der Waals surface area contributed by atoms with Crippen molar-refractivity contribution in [2.45, 2.75) is 17.0 Å². The number of benzene rings is 1. The maximum Gasteiger partial charge on any atom is 0.243 e. The van der Waals surface area contributed by atoms with Crippen molar-refractivity contribution in [2.24, 2.45) is 0 Å². The summed E-state index contributed by atoms with van der Waals surface area (Å²) in [4.78, 5) is 0.163. The summed E-state index contributed by atoms with van der Waals surface area (Å²) in [6.07, 6.45) is -0.561. The number of nitrogens with zero attached hydrogens (tertiary/aromatic N) is 1. The van der Waals surface area contributed by atoms with Gasteiger partial charge in [-0.1, -0.05) is 15.9 Å². The van der Waals surface area contributed by atoms with Gasteiger partial charge < -0.3 is 4.74 Å². The third-order valence-corrected chi connectivity index (χ3v) is 7.86. The first kappa shape index (κ1) is 15.4. The van der Waals surface area contributed by atoms with Crippen LogP contribution in [0, 0.1) is 0 Å². The van der Waals surface area contributed by atoms with E-state index >= 15 is 0 Å². The molecule has 1 aromatic carbocycles. The summed E-state index contributed by atoms with van der Waals surface area (Å²) in [6.45, 7) is 0.390. The molecule has 0 aromatic heterocycles. The van der Waals surface area contributed by atoms with Crippen LogP contribution in [0.5, 0.6) is 0 Å². The lowest BCUT2D eigenvalue weighted by Crippen LogP contribution is -2.53. The zero-order chi connectivity index (χ0) is 15.3. The minimum Gasteiger partial charge on any atom is -0.374 e. The molecule has 0 aliphatic carbocycles. The van der Waals surface area contributed by atoms with Gasteiger partial charge in [-0.05, 0) is 24.3 Å². The summed E-state index contributed by atoms with van der Waals surface area (Å²) >= 11 is 3.26. The molecule has 0 amide bonds. The highest BCUT2D eigenvalue weighted by atomic mass is 79.9. The Morgan fingerprint density at radius 2 is 1.86 bits per heavy atom. The number of sulfone groups is 1. The average Bonchev–Trinajstić information content (AvgIpc) is 2.72. The molecule has 2 aliphatic rings. The molecule has 2 heterocycles. The van der Waals surface area contributed by atoms with Crippen LogP contribution in [0.2, 0.25) is 0 Å². The lowest BCUT2D eigenvalue weighted by Gasteiger charge is -2.35. The fourth-order valence-electron chi connectivity index (χ4n) is 2.72. The van der Waals surface area contributed by atoms with Gasteiger partial charge in [-0.2, -0.15) is 4.31 Å². The first-order chi connectivity index (χ1) is 9.79. The van der Waals surface area contributed by atoms with Crippen molar-refractivity contribution in [3.05, 3.63) is 28.7 Å². The fraction of sp³-hybridized carbons (Fsp3) is 0.500. The molecular formula is C12H14BrNO5S2. The third kappa shape index (κ3) is 2.89. The van der Waals surface area contributed by atoms with Crippen molar-refractivity contribution in [1.82, 2.24) is 4.31 Å². The highest BCUT2D eigenvalue weighted by Crippen LogP contribution is 2.30. The Balaban J connectivity index is 1.96. The van der Waals surface area contributed by atoms with Crippen molar-refractivity contribution in [2.75, 3.05) is 24.7 Å². The summed E-state index contributed by atoms with van der Waals surface area (Å²) < 4.78 is 56.4. The van der Waals surface area contributed by atoms with Gasteiger partial charge in [0.05, 0.1) is 35.2 Å². The van der Waals surface area contributed by atoms with Gasteiger partial charge in [0.1, 0.15) is 0 Å². The second-order valence-corrected chi connectivity index (χ2v) is 10.1. The molecule has 2 aliphatic heterocycles. The van der Waals surface area contributed by atoms with Crippen LogP contribution >= 0.6 is 15.9 Å². The zero-order valence-electron chi connectivity index (χ0n) is 11.0. The minimum absolute atomic E-state index is 0.107. The topological polar surface area (TPSA) is 80.8 Å². The highest BCUT2D eigenvalue weighted by molar-refractivity contribution is 9.10. The largest absolute Gasteiger partial charge is 0.374 e. The van der Waals surface area contributed by atoms with E-state index < -0.39 is 32.0 Å². The van der Waals surface area contributed by atoms with Crippen LogP contribution in [0.25, 0.3) is 0 Å². The molecule has 0 spiro atoms. The second kappa shape index (κ2) is 5.31. The van der Waals surface area contributed by atoms with Crippen molar-refractivity contribution in [3.8, 4) is 0 Å². The van der Waals surface area contributed by atoms with E-state index in [0.717, 1.165) is 4.47 Å². The van der Waals surface area contributed by atoms with E-state index in [1.807, 2.05) is 0 Å². The number of hydrogen-bond donors (Lipinski definition) is 0. The molecule has 0 radical (unpaired) electrons. The van der Waals surface area contributed by atoms with Gasteiger partial charge >= 0.3 is 0 Å². The van der Waals surface area contributed by atoms with Crippen molar-refractivity contribution in [1.29, 1.82) is 0 Å². The Morgan fingerprint density at radius 1 is 1.19 bits per heavy atom. The molecule has 3 rings (SSSR count). The summed E-state index contributed by atoms with van der Waals surface area (Å²) in [5.74, 6) is -0.280. The molecule has 2 unspecified atom stereocenters. The number of rotatable bonds is 2. The molecule has 116 valence electrons. The van der Waals surface area contributed by atoms with Gasteiger partial charge in [0, 0.05) is 11.0 Å². The molecule has 2 atom stereocenters. The van der Waals surface area contributed by atoms with E-state index in [1.165, 1.54) is 16.4 Å². The third-order valence-electron chi connectivity index (χ3n) is 3.71.